The predicted molar refractivity (Wildman–Crippen MR) is 75.8 cm³/mol. The maximum Gasteiger partial charge on any atom is 0.251 e. The first-order valence-corrected chi connectivity index (χ1v) is 6.48. The van der Waals surface area contributed by atoms with E-state index in [0.717, 1.165) is 12.8 Å². The molecule has 1 aliphatic rings. The van der Waals surface area contributed by atoms with Crippen molar-refractivity contribution >= 4 is 11.6 Å². The molecule has 0 spiro atoms. The number of nitrogens with one attached hydrogen (secondary N) is 1. The number of nitrogens with two attached hydrogens (primary N) is 1. The molecule has 2 aromatic carbocycles. The smallest absolute Gasteiger partial charge is 0.251 e. The molecule has 0 heterocycles. The highest BCUT2D eigenvalue weighted by Gasteiger charge is 2.23. The fourth-order valence-electron chi connectivity index (χ4n) is 2.58. The minimum absolute atomic E-state index is 0.0401. The van der Waals surface area contributed by atoms with Gasteiger partial charge in [-0.05, 0) is 48.2 Å². The zero-order valence-corrected chi connectivity index (χ0v) is 10.6. The van der Waals surface area contributed by atoms with Crippen LogP contribution in [0.3, 0.4) is 0 Å². The van der Waals surface area contributed by atoms with Gasteiger partial charge in [-0.25, -0.2) is 0 Å². The highest BCUT2D eigenvalue weighted by Crippen LogP contribution is 2.30. The Hall–Kier alpha value is -2.29. The molecule has 0 radical (unpaired) electrons. The molecule has 96 valence electrons. The van der Waals surface area contributed by atoms with Crippen molar-refractivity contribution in [3.63, 3.8) is 0 Å². The summed E-state index contributed by atoms with van der Waals surface area (Å²) in [4.78, 5) is 12.2. The van der Waals surface area contributed by atoms with E-state index in [0.29, 0.717) is 11.3 Å². The summed E-state index contributed by atoms with van der Waals surface area (Å²) in [5, 5.41) is 3.09. The van der Waals surface area contributed by atoms with Gasteiger partial charge in [0.25, 0.3) is 5.91 Å². The molecule has 0 fully saturated rings. The quantitative estimate of drug-likeness (QED) is 0.807. The third kappa shape index (κ3) is 2.32. The van der Waals surface area contributed by atoms with Gasteiger partial charge >= 0.3 is 0 Å². The van der Waals surface area contributed by atoms with Crippen LogP contribution in [-0.4, -0.2) is 5.91 Å². The highest BCUT2D eigenvalue weighted by molar-refractivity contribution is 5.94. The standard InChI is InChI=1S/C16H16N2O/c17-13-8-5-12(6-9-13)16(19)18-15-10-7-11-3-1-2-4-14(11)15/h1-6,8-9,15H,7,10,17H2,(H,18,19). The molecule has 19 heavy (non-hydrogen) atoms. The number of amides is 1. The molecule has 3 heteroatoms. The van der Waals surface area contributed by atoms with Gasteiger partial charge < -0.3 is 11.1 Å². The summed E-state index contributed by atoms with van der Waals surface area (Å²) in [6.07, 6.45) is 2.00. The summed E-state index contributed by atoms with van der Waals surface area (Å²) >= 11 is 0. The molecule has 1 aliphatic carbocycles. The van der Waals surface area contributed by atoms with Crippen LogP contribution < -0.4 is 11.1 Å². The van der Waals surface area contributed by atoms with Crippen LogP contribution in [0, 0.1) is 0 Å². The lowest BCUT2D eigenvalue weighted by Gasteiger charge is -2.14. The largest absolute Gasteiger partial charge is 0.399 e. The number of anilines is 1. The van der Waals surface area contributed by atoms with Gasteiger partial charge in [-0.15, -0.1) is 0 Å². The van der Waals surface area contributed by atoms with Gasteiger partial charge in [0.05, 0.1) is 6.04 Å². The van der Waals surface area contributed by atoms with Crippen molar-refractivity contribution in [3.05, 3.63) is 65.2 Å². The first-order chi connectivity index (χ1) is 9.24. The van der Waals surface area contributed by atoms with Crippen LogP contribution in [0.5, 0.6) is 0 Å². The molecule has 0 aromatic heterocycles. The molecule has 3 rings (SSSR count). The Bertz CT molecular complexity index is 604. The van der Waals surface area contributed by atoms with E-state index >= 15 is 0 Å². The lowest BCUT2D eigenvalue weighted by Crippen LogP contribution is -2.27. The van der Waals surface area contributed by atoms with Crippen LogP contribution in [0.15, 0.2) is 48.5 Å². The first kappa shape index (κ1) is 11.8. The van der Waals surface area contributed by atoms with Crippen molar-refractivity contribution in [3.8, 4) is 0 Å². The van der Waals surface area contributed by atoms with E-state index in [2.05, 4.69) is 17.4 Å². The third-order valence-corrected chi connectivity index (χ3v) is 3.61. The molecule has 2 aromatic rings. The Morgan fingerprint density at radius 2 is 1.84 bits per heavy atom. The van der Waals surface area contributed by atoms with Gasteiger partial charge in [0.1, 0.15) is 0 Å². The maximum atomic E-state index is 12.2. The molecule has 0 bridgehead atoms. The molecule has 0 aliphatic heterocycles. The maximum absolute atomic E-state index is 12.2. The van der Waals surface area contributed by atoms with Crippen LogP contribution in [0.2, 0.25) is 0 Å². The molecule has 1 amide bonds. The van der Waals surface area contributed by atoms with Gasteiger partial charge in [-0.1, -0.05) is 24.3 Å². The Morgan fingerprint density at radius 3 is 2.63 bits per heavy atom. The van der Waals surface area contributed by atoms with Gasteiger partial charge in [0, 0.05) is 11.3 Å². The van der Waals surface area contributed by atoms with Crippen molar-refractivity contribution in [1.82, 2.24) is 5.32 Å². The van der Waals surface area contributed by atoms with E-state index in [1.54, 1.807) is 24.3 Å². The minimum Gasteiger partial charge on any atom is -0.399 e. The van der Waals surface area contributed by atoms with E-state index in [9.17, 15) is 4.79 Å². The molecule has 1 unspecified atom stereocenters. The number of fused-ring (bicyclic) bond motifs is 1. The summed E-state index contributed by atoms with van der Waals surface area (Å²) < 4.78 is 0. The van der Waals surface area contributed by atoms with Crippen molar-refractivity contribution < 1.29 is 4.79 Å². The van der Waals surface area contributed by atoms with Gasteiger partial charge in [0.15, 0.2) is 0 Å². The number of benzene rings is 2. The number of hydrogen-bond acceptors (Lipinski definition) is 2. The third-order valence-electron chi connectivity index (χ3n) is 3.61. The van der Waals surface area contributed by atoms with Crippen LogP contribution in [-0.2, 0) is 6.42 Å². The highest BCUT2D eigenvalue weighted by atomic mass is 16.1. The SMILES string of the molecule is Nc1ccc(C(=O)NC2CCc3ccccc32)cc1. The Kier molecular flexibility index (Phi) is 2.95. The second kappa shape index (κ2) is 4.76. The molecule has 1 atom stereocenters. The molecular formula is C16H16N2O. The van der Waals surface area contributed by atoms with E-state index in [1.807, 2.05) is 12.1 Å². The first-order valence-electron chi connectivity index (χ1n) is 6.48. The summed E-state index contributed by atoms with van der Waals surface area (Å²) in [5.74, 6) is -0.0401. The van der Waals surface area contributed by atoms with E-state index < -0.39 is 0 Å². The summed E-state index contributed by atoms with van der Waals surface area (Å²) in [6.45, 7) is 0. The van der Waals surface area contributed by atoms with Crippen LogP contribution in [0.25, 0.3) is 0 Å². The Labute approximate surface area is 112 Å². The topological polar surface area (TPSA) is 55.1 Å². The van der Waals surface area contributed by atoms with Crippen molar-refractivity contribution in [2.45, 2.75) is 18.9 Å². The van der Waals surface area contributed by atoms with Crippen molar-refractivity contribution in [2.75, 3.05) is 5.73 Å². The number of nitrogen functional groups attached to an aromatic ring is 1. The number of aryl methyl sites for hydroxylation is 1. The van der Waals surface area contributed by atoms with E-state index in [1.165, 1.54) is 11.1 Å². The number of carbonyl (C=O) groups is 1. The monoisotopic (exact) mass is 252 g/mol. The van der Waals surface area contributed by atoms with Crippen molar-refractivity contribution in [2.24, 2.45) is 0 Å². The molecule has 0 saturated heterocycles. The fourth-order valence-corrected chi connectivity index (χ4v) is 2.58. The Morgan fingerprint density at radius 1 is 1.11 bits per heavy atom. The molecule has 3 N–H and O–H groups in total. The lowest BCUT2D eigenvalue weighted by molar-refractivity contribution is 0.0937. The zero-order valence-electron chi connectivity index (χ0n) is 10.6. The van der Waals surface area contributed by atoms with Crippen LogP contribution >= 0.6 is 0 Å². The predicted octanol–water partition coefficient (Wildman–Crippen LogP) is 2.69. The van der Waals surface area contributed by atoms with Crippen LogP contribution in [0.1, 0.15) is 33.9 Å². The number of carbonyl (C=O) groups excluding carboxylic acids is 1. The van der Waals surface area contributed by atoms with E-state index in [-0.39, 0.29) is 11.9 Å². The summed E-state index contributed by atoms with van der Waals surface area (Å²) in [6, 6.07) is 15.4. The number of hydrogen-bond donors (Lipinski definition) is 2. The van der Waals surface area contributed by atoms with E-state index in [4.69, 9.17) is 5.73 Å². The molecule has 3 nitrogen and oxygen atoms in total. The normalized spacial score (nSPS) is 16.9. The molecule has 0 saturated carbocycles. The molecular weight excluding hydrogens is 236 g/mol. The average molecular weight is 252 g/mol. The second-order valence-electron chi connectivity index (χ2n) is 4.89. The van der Waals surface area contributed by atoms with Crippen molar-refractivity contribution in [1.29, 1.82) is 0 Å². The van der Waals surface area contributed by atoms with Gasteiger partial charge in [-0.3, -0.25) is 4.79 Å². The fraction of sp³-hybridized carbons (Fsp3) is 0.188. The lowest BCUT2D eigenvalue weighted by atomic mass is 10.1. The van der Waals surface area contributed by atoms with Gasteiger partial charge in [0.2, 0.25) is 0 Å². The zero-order chi connectivity index (χ0) is 13.2. The summed E-state index contributed by atoms with van der Waals surface area (Å²) in [7, 11) is 0. The number of rotatable bonds is 2. The minimum atomic E-state index is -0.0401. The Balaban J connectivity index is 1.76. The van der Waals surface area contributed by atoms with Gasteiger partial charge in [-0.2, -0.15) is 0 Å². The van der Waals surface area contributed by atoms with Crippen LogP contribution in [0.4, 0.5) is 5.69 Å². The second-order valence-corrected chi connectivity index (χ2v) is 4.89. The summed E-state index contributed by atoms with van der Waals surface area (Å²) in [5.41, 5.74) is 9.52. The average Bonchev–Trinajstić information content (AvgIpc) is 2.83.